The second-order valence-electron chi connectivity index (χ2n) is 10.1. The molecule has 0 bridgehead atoms. The van der Waals surface area contributed by atoms with Crippen molar-refractivity contribution in [2.75, 3.05) is 20.6 Å². The first-order valence-electron chi connectivity index (χ1n) is 12.3. The summed E-state index contributed by atoms with van der Waals surface area (Å²) < 4.78 is 0. The van der Waals surface area contributed by atoms with Gasteiger partial charge in [-0.2, -0.15) is 0 Å². The lowest BCUT2D eigenvalue weighted by Gasteiger charge is -2.37. The van der Waals surface area contributed by atoms with E-state index in [-0.39, 0.29) is 0 Å². The van der Waals surface area contributed by atoms with Gasteiger partial charge in [-0.1, -0.05) is 48.6 Å². The number of hydrogen-bond acceptors (Lipinski definition) is 2. The van der Waals surface area contributed by atoms with E-state index in [0.717, 1.165) is 41.4 Å². The van der Waals surface area contributed by atoms with Gasteiger partial charge >= 0.3 is 0 Å². The van der Waals surface area contributed by atoms with Crippen LogP contribution in [-0.2, 0) is 0 Å². The Morgan fingerprint density at radius 2 is 1.28 bits per heavy atom. The predicted octanol–water partition coefficient (Wildman–Crippen LogP) is 5.51. The molecule has 0 spiro atoms. The maximum absolute atomic E-state index is 3.45. The average Bonchev–Trinajstić information content (AvgIpc) is 2.80. The minimum absolute atomic E-state index is 0.583. The average molecular weight is 395 g/mol. The van der Waals surface area contributed by atoms with Gasteiger partial charge in [0.1, 0.15) is 0 Å². The van der Waals surface area contributed by atoms with Crippen molar-refractivity contribution in [1.29, 1.82) is 0 Å². The van der Waals surface area contributed by atoms with E-state index in [9.17, 15) is 0 Å². The van der Waals surface area contributed by atoms with Crippen LogP contribution in [0.25, 0.3) is 0 Å². The van der Waals surface area contributed by atoms with E-state index >= 15 is 0 Å². The first-order valence-corrected chi connectivity index (χ1v) is 12.3. The van der Waals surface area contributed by atoms with Gasteiger partial charge in [-0.3, -0.25) is 0 Å². The third-order valence-corrected chi connectivity index (χ3v) is 8.27. The fraction of sp³-hybridized carbons (Fsp3) is 0.704. The Morgan fingerprint density at radius 1 is 0.655 bits per heavy atom. The fourth-order valence-corrected chi connectivity index (χ4v) is 6.45. The number of hydrogen-bond donors (Lipinski definition) is 2. The first-order chi connectivity index (χ1) is 14.3. The molecule has 0 aromatic heterocycles. The minimum Gasteiger partial charge on any atom is -0.319 e. The molecule has 0 saturated carbocycles. The van der Waals surface area contributed by atoms with E-state index in [2.05, 4.69) is 73.3 Å². The molecule has 2 N–H and O–H groups in total. The predicted molar refractivity (Wildman–Crippen MR) is 125 cm³/mol. The topological polar surface area (TPSA) is 24.1 Å². The van der Waals surface area contributed by atoms with Crippen molar-refractivity contribution < 1.29 is 0 Å². The van der Waals surface area contributed by atoms with Crippen LogP contribution >= 0.6 is 0 Å². The van der Waals surface area contributed by atoms with Crippen molar-refractivity contribution >= 4 is 0 Å². The molecular weight excluding hydrogens is 352 g/mol. The van der Waals surface area contributed by atoms with Crippen molar-refractivity contribution in [1.82, 2.24) is 10.6 Å². The summed E-state index contributed by atoms with van der Waals surface area (Å²) in [6.07, 6.45) is 30.9. The highest BCUT2D eigenvalue weighted by Crippen LogP contribution is 2.41. The van der Waals surface area contributed by atoms with Crippen LogP contribution < -0.4 is 10.6 Å². The molecule has 2 heteroatoms. The van der Waals surface area contributed by atoms with E-state index in [4.69, 9.17) is 0 Å². The monoisotopic (exact) mass is 394 g/mol. The number of allylic oxidation sites excluding steroid dienone is 7. The molecule has 29 heavy (non-hydrogen) atoms. The first kappa shape index (κ1) is 21.1. The number of nitrogens with one attached hydrogen (secondary N) is 2. The van der Waals surface area contributed by atoms with E-state index < -0.39 is 0 Å². The van der Waals surface area contributed by atoms with Crippen molar-refractivity contribution in [2.45, 2.75) is 57.4 Å². The maximum Gasteiger partial charge on any atom is 0.0250 e. The van der Waals surface area contributed by atoms with Crippen LogP contribution in [0.2, 0.25) is 0 Å². The van der Waals surface area contributed by atoms with Gasteiger partial charge in [0, 0.05) is 6.04 Å². The maximum atomic E-state index is 3.45. The Morgan fingerprint density at radius 3 is 1.90 bits per heavy atom. The Bertz CT molecular complexity index is 630. The fourth-order valence-electron chi connectivity index (χ4n) is 6.45. The zero-order chi connectivity index (χ0) is 20.1. The van der Waals surface area contributed by atoms with Crippen molar-refractivity contribution in [2.24, 2.45) is 41.4 Å². The molecule has 0 radical (unpaired) electrons. The Balaban J connectivity index is 1.29. The van der Waals surface area contributed by atoms with Crippen LogP contribution in [0.4, 0.5) is 0 Å². The molecule has 8 atom stereocenters. The molecule has 0 aromatic rings. The van der Waals surface area contributed by atoms with Crippen LogP contribution in [0.3, 0.4) is 0 Å². The second kappa shape index (κ2) is 10.3. The lowest BCUT2D eigenvalue weighted by atomic mass is 9.69. The van der Waals surface area contributed by atoms with Crippen LogP contribution in [0, 0.1) is 41.4 Å². The van der Waals surface area contributed by atoms with Crippen LogP contribution in [0.1, 0.15) is 51.4 Å². The third kappa shape index (κ3) is 5.33. The molecule has 0 saturated heterocycles. The van der Waals surface area contributed by atoms with Crippen LogP contribution in [0.5, 0.6) is 0 Å². The molecule has 2 nitrogen and oxygen atoms in total. The molecule has 0 heterocycles. The summed E-state index contributed by atoms with van der Waals surface area (Å²) in [7, 11) is 4.18. The summed E-state index contributed by atoms with van der Waals surface area (Å²) >= 11 is 0. The molecule has 5 unspecified atom stereocenters. The summed E-state index contributed by atoms with van der Waals surface area (Å²) in [5.41, 5.74) is 0. The van der Waals surface area contributed by atoms with E-state index in [1.807, 2.05) is 0 Å². The molecule has 0 aliphatic heterocycles. The summed E-state index contributed by atoms with van der Waals surface area (Å²) in [4.78, 5) is 0. The van der Waals surface area contributed by atoms with Gasteiger partial charge in [-0.25, -0.2) is 0 Å². The SMILES string of the molecule is CNCC1CC=CC([C@@H]2C=CC([C@@H]3C=CC(C4CC=C[C@H](NC)C4)CC3)CC2)C1. The number of likely N-dealkylation sites (N-methyl/N-ethyl adjacent to an activating group) is 1. The van der Waals surface area contributed by atoms with Crippen LogP contribution in [-0.4, -0.2) is 26.7 Å². The lowest BCUT2D eigenvalue weighted by Crippen LogP contribution is -2.32. The molecule has 0 aromatic carbocycles. The van der Waals surface area contributed by atoms with Crippen molar-refractivity contribution in [3.63, 3.8) is 0 Å². The van der Waals surface area contributed by atoms with Gasteiger partial charge in [-0.15, -0.1) is 0 Å². The Labute approximate surface area is 179 Å². The molecule has 4 rings (SSSR count). The lowest BCUT2D eigenvalue weighted by molar-refractivity contribution is 0.255. The van der Waals surface area contributed by atoms with Crippen LogP contribution in [0.15, 0.2) is 48.6 Å². The summed E-state index contributed by atoms with van der Waals surface area (Å²) in [6, 6.07) is 0.583. The molecule has 0 fully saturated rings. The smallest absolute Gasteiger partial charge is 0.0250 e. The normalized spacial score (nSPS) is 42.3. The van der Waals surface area contributed by atoms with Gasteiger partial charge < -0.3 is 10.6 Å². The standard InChI is InChI=1S/C27H42N2/c1-28-19-20-5-3-6-25(17-20)23-13-9-21(10-14-23)22-11-15-24(16-12-22)26-7-4-8-27(18-26)29-2/h3-4,6,8-9,11,13,15,20-29H,5,7,10,12,14,16-19H2,1-2H3/t20?,21?,22-,23-,24?,25?,26?,27+/m1/s1. The van der Waals surface area contributed by atoms with E-state index in [1.54, 1.807) is 0 Å². The summed E-state index contributed by atoms with van der Waals surface area (Å²) in [5, 5.41) is 6.82. The highest BCUT2D eigenvalue weighted by molar-refractivity contribution is 5.12. The summed E-state index contributed by atoms with van der Waals surface area (Å²) in [6.45, 7) is 1.17. The zero-order valence-electron chi connectivity index (χ0n) is 18.6. The molecule has 0 amide bonds. The van der Waals surface area contributed by atoms with Crippen molar-refractivity contribution in [3.8, 4) is 0 Å². The second-order valence-corrected chi connectivity index (χ2v) is 10.1. The largest absolute Gasteiger partial charge is 0.319 e. The van der Waals surface area contributed by atoms with E-state index in [1.165, 1.54) is 57.9 Å². The highest BCUT2D eigenvalue weighted by atomic mass is 14.9. The van der Waals surface area contributed by atoms with Gasteiger partial charge in [0.2, 0.25) is 0 Å². The Kier molecular flexibility index (Phi) is 7.48. The molecular formula is C27H42N2. The van der Waals surface area contributed by atoms with Gasteiger partial charge in [-0.05, 0) is 113 Å². The summed E-state index contributed by atoms with van der Waals surface area (Å²) in [5.74, 6) is 5.56. The molecule has 160 valence electrons. The molecule has 4 aliphatic rings. The zero-order valence-corrected chi connectivity index (χ0v) is 18.6. The minimum atomic E-state index is 0.583. The Hall–Kier alpha value is -1.12. The highest BCUT2D eigenvalue weighted by Gasteiger charge is 2.31. The van der Waals surface area contributed by atoms with Gasteiger partial charge in [0.25, 0.3) is 0 Å². The molecule has 4 aliphatic carbocycles. The third-order valence-electron chi connectivity index (χ3n) is 8.27. The van der Waals surface area contributed by atoms with Gasteiger partial charge in [0.05, 0.1) is 0 Å². The van der Waals surface area contributed by atoms with Gasteiger partial charge in [0.15, 0.2) is 0 Å². The van der Waals surface area contributed by atoms with Crippen molar-refractivity contribution in [3.05, 3.63) is 48.6 Å². The van der Waals surface area contributed by atoms with E-state index in [0.29, 0.717) is 6.04 Å². The quantitative estimate of drug-likeness (QED) is 0.581. The number of rotatable bonds is 6.